The number of Topliss-reactive ketones (excluding diaryl/α,β-unsaturated/α-hetero) is 1. The molecule has 0 aliphatic carbocycles. The molecule has 4 heteroatoms. The summed E-state index contributed by atoms with van der Waals surface area (Å²) in [6.45, 7) is 0. The molecule has 0 saturated carbocycles. The molecular weight excluding hydrogens is 388 g/mol. The van der Waals surface area contributed by atoms with Gasteiger partial charge in [0.1, 0.15) is 17.2 Å². The van der Waals surface area contributed by atoms with Gasteiger partial charge in [-0.15, -0.1) is 0 Å². The molecule has 0 amide bonds. The number of hydrogen-bond donors (Lipinski definition) is 0. The van der Waals surface area contributed by atoms with Crippen molar-refractivity contribution in [1.82, 2.24) is 0 Å². The average Bonchev–Trinajstić information content (AvgIpc) is 3.24. The van der Waals surface area contributed by atoms with Crippen molar-refractivity contribution in [3.05, 3.63) is 102 Å². The number of ether oxygens (including phenoxy) is 3. The SMILES string of the molecule is COc1ccc(C(=O)[C@@H]2Oc3ccc4ccccc4c3[C@@H]2c2ccc(OC)cc2)cc1. The minimum Gasteiger partial charge on any atom is -0.497 e. The Hall–Kier alpha value is -3.79. The fourth-order valence-corrected chi connectivity index (χ4v) is 4.33. The van der Waals surface area contributed by atoms with Gasteiger partial charge in [0.05, 0.1) is 20.1 Å². The quantitative estimate of drug-likeness (QED) is 0.400. The predicted molar refractivity (Wildman–Crippen MR) is 121 cm³/mol. The van der Waals surface area contributed by atoms with Crippen molar-refractivity contribution in [2.45, 2.75) is 12.0 Å². The first-order valence-corrected chi connectivity index (χ1v) is 10.2. The lowest BCUT2D eigenvalue weighted by molar-refractivity contribution is 0.0806. The summed E-state index contributed by atoms with van der Waals surface area (Å²) in [4.78, 5) is 13.6. The largest absolute Gasteiger partial charge is 0.497 e. The van der Waals surface area contributed by atoms with E-state index < -0.39 is 6.10 Å². The zero-order valence-corrected chi connectivity index (χ0v) is 17.4. The number of benzene rings is 4. The smallest absolute Gasteiger partial charge is 0.204 e. The van der Waals surface area contributed by atoms with Gasteiger partial charge in [0.15, 0.2) is 6.10 Å². The van der Waals surface area contributed by atoms with E-state index in [1.54, 1.807) is 38.5 Å². The van der Waals surface area contributed by atoms with E-state index >= 15 is 0 Å². The number of rotatable bonds is 5. The summed E-state index contributed by atoms with van der Waals surface area (Å²) in [5.74, 6) is 1.97. The molecule has 0 bridgehead atoms. The Morgan fingerprint density at radius 3 is 2.10 bits per heavy atom. The van der Waals surface area contributed by atoms with Crippen molar-refractivity contribution in [2.75, 3.05) is 14.2 Å². The van der Waals surface area contributed by atoms with Crippen LogP contribution in [0.25, 0.3) is 10.8 Å². The second-order valence-corrected chi connectivity index (χ2v) is 7.58. The average molecular weight is 410 g/mol. The topological polar surface area (TPSA) is 44.8 Å². The van der Waals surface area contributed by atoms with Gasteiger partial charge >= 0.3 is 0 Å². The minimum atomic E-state index is -0.650. The second kappa shape index (κ2) is 7.80. The zero-order chi connectivity index (χ0) is 21.4. The lowest BCUT2D eigenvalue weighted by Crippen LogP contribution is -2.30. The van der Waals surface area contributed by atoms with E-state index in [0.29, 0.717) is 11.3 Å². The molecule has 1 aliphatic rings. The fraction of sp³-hybridized carbons (Fsp3) is 0.148. The standard InChI is InChI=1S/C27H22O4/c1-29-20-12-7-18(8-13-20)24-25-22-6-4-3-5-17(22)11-16-23(25)31-27(24)26(28)19-9-14-21(30-2)15-10-19/h3-16,24,27H,1-2H3/t24-,27+/m0/s1. The molecule has 4 aromatic rings. The molecule has 0 unspecified atom stereocenters. The molecule has 0 radical (unpaired) electrons. The Balaban J connectivity index is 1.64. The number of carbonyl (C=O) groups excluding carboxylic acids is 1. The van der Waals surface area contributed by atoms with Gasteiger partial charge in [-0.1, -0.05) is 42.5 Å². The Labute approximate surface area is 181 Å². The van der Waals surface area contributed by atoms with Gasteiger partial charge in [0, 0.05) is 11.1 Å². The molecule has 0 spiro atoms. The molecule has 0 saturated heterocycles. The van der Waals surface area contributed by atoms with Gasteiger partial charge in [-0.05, 0) is 58.8 Å². The summed E-state index contributed by atoms with van der Waals surface area (Å²) >= 11 is 0. The van der Waals surface area contributed by atoms with E-state index in [2.05, 4.69) is 12.1 Å². The lowest BCUT2D eigenvalue weighted by Gasteiger charge is -2.20. The van der Waals surface area contributed by atoms with Gasteiger partial charge in [-0.2, -0.15) is 0 Å². The zero-order valence-electron chi connectivity index (χ0n) is 17.4. The van der Waals surface area contributed by atoms with E-state index in [4.69, 9.17) is 14.2 Å². The first-order chi connectivity index (χ1) is 15.2. The Morgan fingerprint density at radius 1 is 0.774 bits per heavy atom. The van der Waals surface area contributed by atoms with E-state index in [9.17, 15) is 4.79 Å². The van der Waals surface area contributed by atoms with Gasteiger partial charge in [-0.25, -0.2) is 0 Å². The molecule has 0 aromatic heterocycles. The highest BCUT2D eigenvalue weighted by Crippen LogP contribution is 2.47. The Kier molecular flexibility index (Phi) is 4.83. The first-order valence-electron chi connectivity index (χ1n) is 10.2. The van der Waals surface area contributed by atoms with Gasteiger partial charge in [0.25, 0.3) is 0 Å². The van der Waals surface area contributed by atoms with Crippen molar-refractivity contribution in [3.8, 4) is 17.2 Å². The number of carbonyl (C=O) groups is 1. The molecule has 4 nitrogen and oxygen atoms in total. The van der Waals surface area contributed by atoms with Crippen LogP contribution in [0, 0.1) is 0 Å². The number of methoxy groups -OCH3 is 2. The number of fused-ring (bicyclic) bond motifs is 3. The van der Waals surface area contributed by atoms with Crippen molar-refractivity contribution in [2.24, 2.45) is 0 Å². The van der Waals surface area contributed by atoms with Crippen LogP contribution < -0.4 is 14.2 Å². The van der Waals surface area contributed by atoms with Gasteiger partial charge in [0.2, 0.25) is 5.78 Å². The van der Waals surface area contributed by atoms with Crippen LogP contribution in [0.5, 0.6) is 17.2 Å². The third-order valence-corrected chi connectivity index (χ3v) is 5.91. The van der Waals surface area contributed by atoms with Crippen LogP contribution in [-0.4, -0.2) is 26.1 Å². The van der Waals surface area contributed by atoms with Crippen molar-refractivity contribution in [1.29, 1.82) is 0 Å². The molecule has 2 atom stereocenters. The molecule has 5 rings (SSSR count). The maximum Gasteiger partial charge on any atom is 0.204 e. The van der Waals surface area contributed by atoms with Crippen LogP contribution in [-0.2, 0) is 0 Å². The lowest BCUT2D eigenvalue weighted by atomic mass is 9.83. The molecule has 1 heterocycles. The van der Waals surface area contributed by atoms with Crippen LogP contribution in [0.3, 0.4) is 0 Å². The summed E-state index contributed by atoms with van der Waals surface area (Å²) in [6.07, 6.45) is -0.650. The predicted octanol–water partition coefficient (Wildman–Crippen LogP) is 5.63. The van der Waals surface area contributed by atoms with Crippen LogP contribution in [0.4, 0.5) is 0 Å². The molecule has 31 heavy (non-hydrogen) atoms. The third-order valence-electron chi connectivity index (χ3n) is 5.91. The summed E-state index contributed by atoms with van der Waals surface area (Å²) < 4.78 is 16.9. The third kappa shape index (κ3) is 3.30. The van der Waals surface area contributed by atoms with Crippen molar-refractivity contribution in [3.63, 3.8) is 0 Å². The summed E-state index contributed by atoms with van der Waals surface area (Å²) in [6, 6.07) is 27.3. The van der Waals surface area contributed by atoms with E-state index in [1.165, 1.54) is 0 Å². The fourth-order valence-electron chi connectivity index (χ4n) is 4.33. The summed E-state index contributed by atoms with van der Waals surface area (Å²) in [5, 5.41) is 2.23. The highest BCUT2D eigenvalue weighted by molar-refractivity contribution is 6.02. The summed E-state index contributed by atoms with van der Waals surface area (Å²) in [5.41, 5.74) is 2.67. The van der Waals surface area contributed by atoms with E-state index in [-0.39, 0.29) is 11.7 Å². The number of hydrogen-bond acceptors (Lipinski definition) is 4. The minimum absolute atomic E-state index is 0.0521. The van der Waals surface area contributed by atoms with Gasteiger partial charge < -0.3 is 14.2 Å². The molecule has 4 aromatic carbocycles. The van der Waals surface area contributed by atoms with Crippen molar-refractivity contribution >= 4 is 16.6 Å². The maximum absolute atomic E-state index is 13.6. The summed E-state index contributed by atoms with van der Waals surface area (Å²) in [7, 11) is 3.25. The maximum atomic E-state index is 13.6. The Morgan fingerprint density at radius 2 is 1.42 bits per heavy atom. The molecule has 0 fully saturated rings. The first kappa shape index (κ1) is 19.2. The van der Waals surface area contributed by atoms with Crippen LogP contribution >= 0.6 is 0 Å². The number of ketones is 1. The molecule has 154 valence electrons. The molecular formula is C27H22O4. The van der Waals surface area contributed by atoms with Crippen molar-refractivity contribution < 1.29 is 19.0 Å². The van der Waals surface area contributed by atoms with Crippen LogP contribution in [0.1, 0.15) is 27.4 Å². The molecule has 1 aliphatic heterocycles. The Bertz CT molecular complexity index is 1240. The van der Waals surface area contributed by atoms with E-state index in [0.717, 1.165) is 33.4 Å². The normalized spacial score (nSPS) is 17.1. The molecule has 0 N–H and O–H groups in total. The van der Waals surface area contributed by atoms with Crippen LogP contribution in [0.15, 0.2) is 84.9 Å². The monoisotopic (exact) mass is 410 g/mol. The van der Waals surface area contributed by atoms with E-state index in [1.807, 2.05) is 48.5 Å². The highest BCUT2D eigenvalue weighted by Gasteiger charge is 2.41. The van der Waals surface area contributed by atoms with Crippen LogP contribution in [0.2, 0.25) is 0 Å². The highest BCUT2D eigenvalue weighted by atomic mass is 16.5. The second-order valence-electron chi connectivity index (χ2n) is 7.58. The van der Waals surface area contributed by atoms with Gasteiger partial charge in [-0.3, -0.25) is 4.79 Å².